The average Bonchev–Trinajstić information content (AvgIpc) is 2.20. The van der Waals surface area contributed by atoms with Gasteiger partial charge in [-0.25, -0.2) is 0 Å². The SMILES string of the molecule is CC(C)CNCCOCCOCCCP. The quantitative estimate of drug-likeness (QED) is 0.435. The molecule has 0 aromatic rings. The summed E-state index contributed by atoms with van der Waals surface area (Å²) in [4.78, 5) is 0. The maximum Gasteiger partial charge on any atom is 0.0701 e. The van der Waals surface area contributed by atoms with Gasteiger partial charge in [0.1, 0.15) is 0 Å². The topological polar surface area (TPSA) is 30.5 Å². The van der Waals surface area contributed by atoms with Gasteiger partial charge in [0, 0.05) is 13.2 Å². The third kappa shape index (κ3) is 14.3. The molecule has 0 aromatic heterocycles. The van der Waals surface area contributed by atoms with Gasteiger partial charge in [-0.3, -0.25) is 0 Å². The Morgan fingerprint density at radius 2 is 1.73 bits per heavy atom. The number of hydrogen-bond donors (Lipinski definition) is 1. The van der Waals surface area contributed by atoms with E-state index in [1.54, 1.807) is 0 Å². The second-order valence-electron chi connectivity index (χ2n) is 3.96. The fraction of sp³-hybridized carbons (Fsp3) is 1.00. The molecule has 92 valence electrons. The zero-order valence-electron chi connectivity index (χ0n) is 10.1. The fourth-order valence-electron chi connectivity index (χ4n) is 1.04. The van der Waals surface area contributed by atoms with Gasteiger partial charge < -0.3 is 14.8 Å². The minimum absolute atomic E-state index is 0.709. The van der Waals surface area contributed by atoms with E-state index < -0.39 is 0 Å². The molecule has 0 saturated carbocycles. The van der Waals surface area contributed by atoms with E-state index >= 15 is 0 Å². The summed E-state index contributed by atoms with van der Waals surface area (Å²) in [5.41, 5.74) is 0. The van der Waals surface area contributed by atoms with Crippen LogP contribution in [0, 0.1) is 5.92 Å². The predicted molar refractivity (Wildman–Crippen MR) is 68.5 cm³/mol. The highest BCUT2D eigenvalue weighted by Crippen LogP contribution is 1.89. The number of ether oxygens (including phenoxy) is 2. The molecule has 1 N–H and O–H groups in total. The zero-order chi connectivity index (χ0) is 11.4. The minimum Gasteiger partial charge on any atom is -0.379 e. The zero-order valence-corrected chi connectivity index (χ0v) is 11.3. The van der Waals surface area contributed by atoms with Crippen molar-refractivity contribution in [1.29, 1.82) is 0 Å². The minimum atomic E-state index is 0.709. The van der Waals surface area contributed by atoms with Gasteiger partial charge in [0.15, 0.2) is 0 Å². The molecule has 0 radical (unpaired) electrons. The molecule has 4 heteroatoms. The maximum absolute atomic E-state index is 5.40. The van der Waals surface area contributed by atoms with Crippen molar-refractivity contribution in [3.8, 4) is 0 Å². The summed E-state index contributed by atoms with van der Waals surface area (Å²) in [5, 5.41) is 3.33. The van der Waals surface area contributed by atoms with E-state index in [1.807, 2.05) is 0 Å². The molecule has 0 saturated heterocycles. The van der Waals surface area contributed by atoms with Crippen LogP contribution in [0.2, 0.25) is 0 Å². The van der Waals surface area contributed by atoms with Gasteiger partial charge in [-0.1, -0.05) is 13.8 Å². The third-order valence-corrected chi connectivity index (χ3v) is 2.25. The van der Waals surface area contributed by atoms with Crippen LogP contribution in [0.5, 0.6) is 0 Å². The molecule has 1 unspecified atom stereocenters. The Labute approximate surface area is 96.5 Å². The summed E-state index contributed by atoms with van der Waals surface area (Å²) in [6, 6.07) is 0. The smallest absolute Gasteiger partial charge is 0.0701 e. The first-order valence-corrected chi connectivity index (χ1v) is 6.65. The average molecular weight is 235 g/mol. The van der Waals surface area contributed by atoms with Gasteiger partial charge in [-0.2, -0.15) is 0 Å². The molecule has 0 aliphatic carbocycles. The fourth-order valence-corrected chi connectivity index (χ4v) is 1.21. The molecular weight excluding hydrogens is 209 g/mol. The molecule has 0 spiro atoms. The Hall–Kier alpha value is 0.310. The molecule has 0 aliphatic heterocycles. The molecule has 1 atom stereocenters. The van der Waals surface area contributed by atoms with Crippen LogP contribution in [0.3, 0.4) is 0 Å². The Balaban J connectivity index is 2.87. The van der Waals surface area contributed by atoms with E-state index in [2.05, 4.69) is 28.4 Å². The van der Waals surface area contributed by atoms with Crippen LogP contribution >= 0.6 is 9.24 Å². The lowest BCUT2D eigenvalue weighted by molar-refractivity contribution is 0.0492. The Kier molecular flexibility index (Phi) is 12.6. The molecule has 0 fully saturated rings. The largest absolute Gasteiger partial charge is 0.379 e. The molecular formula is C11H26NO2P. The number of nitrogens with one attached hydrogen (secondary N) is 1. The van der Waals surface area contributed by atoms with Crippen molar-refractivity contribution in [2.24, 2.45) is 5.92 Å². The number of hydrogen-bond acceptors (Lipinski definition) is 3. The van der Waals surface area contributed by atoms with Gasteiger partial charge in [0.25, 0.3) is 0 Å². The van der Waals surface area contributed by atoms with Crippen molar-refractivity contribution < 1.29 is 9.47 Å². The van der Waals surface area contributed by atoms with Gasteiger partial charge in [-0.05, 0) is 25.0 Å². The van der Waals surface area contributed by atoms with Gasteiger partial charge in [0.2, 0.25) is 0 Å². The summed E-state index contributed by atoms with van der Waals surface area (Å²) in [6.07, 6.45) is 2.22. The molecule has 3 nitrogen and oxygen atoms in total. The highest BCUT2D eigenvalue weighted by atomic mass is 31.0. The Morgan fingerprint density at radius 1 is 1.07 bits per heavy atom. The lowest BCUT2D eigenvalue weighted by Crippen LogP contribution is -2.24. The number of rotatable bonds is 11. The van der Waals surface area contributed by atoms with Crippen molar-refractivity contribution >= 4 is 9.24 Å². The van der Waals surface area contributed by atoms with Crippen LogP contribution in [0.15, 0.2) is 0 Å². The first kappa shape index (κ1) is 15.3. The van der Waals surface area contributed by atoms with E-state index in [0.29, 0.717) is 12.5 Å². The molecule has 0 aromatic carbocycles. The Bertz CT molecular complexity index is 123. The second-order valence-corrected chi connectivity index (χ2v) is 4.54. The van der Waals surface area contributed by atoms with Gasteiger partial charge in [-0.15, -0.1) is 9.24 Å². The van der Waals surface area contributed by atoms with Crippen LogP contribution < -0.4 is 5.32 Å². The highest BCUT2D eigenvalue weighted by molar-refractivity contribution is 7.16. The van der Waals surface area contributed by atoms with E-state index in [0.717, 1.165) is 45.5 Å². The first-order chi connectivity index (χ1) is 7.27. The van der Waals surface area contributed by atoms with E-state index in [9.17, 15) is 0 Å². The van der Waals surface area contributed by atoms with Crippen molar-refractivity contribution in [3.05, 3.63) is 0 Å². The van der Waals surface area contributed by atoms with Gasteiger partial charge >= 0.3 is 0 Å². The van der Waals surface area contributed by atoms with Crippen LogP contribution in [-0.2, 0) is 9.47 Å². The van der Waals surface area contributed by atoms with Crippen molar-refractivity contribution in [3.63, 3.8) is 0 Å². The third-order valence-electron chi connectivity index (χ3n) is 1.84. The highest BCUT2D eigenvalue weighted by Gasteiger charge is 1.93. The Morgan fingerprint density at radius 3 is 2.33 bits per heavy atom. The lowest BCUT2D eigenvalue weighted by atomic mass is 10.2. The molecule has 0 amide bonds. The molecule has 0 heterocycles. The van der Waals surface area contributed by atoms with E-state index in [4.69, 9.17) is 9.47 Å². The van der Waals surface area contributed by atoms with E-state index in [1.165, 1.54) is 0 Å². The molecule has 0 bridgehead atoms. The maximum atomic E-state index is 5.40. The van der Waals surface area contributed by atoms with Crippen LogP contribution in [0.1, 0.15) is 20.3 Å². The second kappa shape index (κ2) is 12.4. The van der Waals surface area contributed by atoms with E-state index in [-0.39, 0.29) is 0 Å². The predicted octanol–water partition coefficient (Wildman–Crippen LogP) is 1.53. The van der Waals surface area contributed by atoms with Crippen LogP contribution in [0.4, 0.5) is 0 Å². The van der Waals surface area contributed by atoms with Crippen LogP contribution in [0.25, 0.3) is 0 Å². The van der Waals surface area contributed by atoms with Crippen molar-refractivity contribution in [2.75, 3.05) is 45.7 Å². The monoisotopic (exact) mass is 235 g/mol. The molecule has 0 aliphatic rings. The summed E-state index contributed by atoms with van der Waals surface area (Å²) >= 11 is 0. The summed E-state index contributed by atoms with van der Waals surface area (Å²) in [5.74, 6) is 0.709. The van der Waals surface area contributed by atoms with Crippen molar-refractivity contribution in [1.82, 2.24) is 5.32 Å². The first-order valence-electron chi connectivity index (χ1n) is 5.83. The molecule has 0 rings (SSSR count). The summed E-state index contributed by atoms with van der Waals surface area (Å²) < 4.78 is 10.8. The van der Waals surface area contributed by atoms with Gasteiger partial charge in [0.05, 0.1) is 19.8 Å². The summed E-state index contributed by atoms with van der Waals surface area (Å²) in [6.45, 7) is 9.45. The standard InChI is InChI=1S/C11H26NO2P/c1-11(2)10-12-4-6-14-8-7-13-5-3-9-15/h11-12H,3-10,15H2,1-2H3. The van der Waals surface area contributed by atoms with Crippen LogP contribution in [-0.4, -0.2) is 45.7 Å². The normalized spacial score (nSPS) is 11.2. The lowest BCUT2D eigenvalue weighted by Gasteiger charge is -2.08. The summed E-state index contributed by atoms with van der Waals surface area (Å²) in [7, 11) is 2.69. The van der Waals surface area contributed by atoms with Crippen molar-refractivity contribution in [2.45, 2.75) is 20.3 Å². The molecule has 15 heavy (non-hydrogen) atoms.